The summed E-state index contributed by atoms with van der Waals surface area (Å²) in [5.74, 6) is 1.44. The molecule has 2 rings (SSSR count). The summed E-state index contributed by atoms with van der Waals surface area (Å²) in [5.41, 5.74) is 0. The first-order valence-corrected chi connectivity index (χ1v) is 13.0. The molecule has 2 aliphatic rings. The molecule has 0 radical (unpaired) electrons. The predicted molar refractivity (Wildman–Crippen MR) is 126 cm³/mol. The summed E-state index contributed by atoms with van der Waals surface area (Å²) in [6.45, 7) is 9.26. The Labute approximate surface area is 182 Å². The first kappa shape index (κ1) is 24.8. The van der Waals surface area contributed by atoms with Crippen LogP contribution >= 0.6 is 0 Å². The first-order valence-electron chi connectivity index (χ1n) is 13.0. The monoisotopic (exact) mass is 405 g/mol. The van der Waals surface area contributed by atoms with Crippen molar-refractivity contribution in [2.75, 3.05) is 0 Å². The molecule has 168 valence electrons. The van der Waals surface area contributed by atoms with Crippen molar-refractivity contribution < 1.29 is 9.53 Å². The van der Waals surface area contributed by atoms with Crippen molar-refractivity contribution in [1.82, 2.24) is 4.81 Å². The van der Waals surface area contributed by atoms with Crippen LogP contribution in [-0.2, 0) is 9.53 Å². The molecule has 2 aliphatic heterocycles. The molecule has 2 bridgehead atoms. The van der Waals surface area contributed by atoms with Gasteiger partial charge in [-0.15, -0.1) is 0 Å². The molecule has 0 N–H and O–H groups in total. The van der Waals surface area contributed by atoms with Gasteiger partial charge in [0.15, 0.2) is 0 Å². The van der Waals surface area contributed by atoms with E-state index in [1.54, 1.807) is 0 Å². The van der Waals surface area contributed by atoms with Crippen molar-refractivity contribution in [2.45, 2.75) is 148 Å². The fraction of sp³-hybridized carbons (Fsp3) is 0.960. The minimum atomic E-state index is 0.0187. The van der Waals surface area contributed by atoms with E-state index in [0.717, 1.165) is 26.1 Å². The summed E-state index contributed by atoms with van der Waals surface area (Å²) in [4.78, 5) is 15.2. The van der Waals surface area contributed by atoms with E-state index in [1.807, 2.05) is 0 Å². The lowest BCUT2D eigenvalue weighted by atomic mass is 9.65. The SMILES string of the molecule is CCCCCCCC(BN1C(C)CC(C)CC2CC1C(=O)O2)CCCCCCC. The smallest absolute Gasteiger partial charge is 0.322 e. The predicted octanol–water partition coefficient (Wildman–Crippen LogP) is 6.65. The first-order chi connectivity index (χ1) is 14.0. The maximum Gasteiger partial charge on any atom is 0.322 e. The van der Waals surface area contributed by atoms with Crippen molar-refractivity contribution >= 4 is 13.4 Å². The van der Waals surface area contributed by atoms with Crippen LogP contribution in [0.4, 0.5) is 0 Å². The van der Waals surface area contributed by atoms with Gasteiger partial charge in [0.2, 0.25) is 7.41 Å². The molecule has 29 heavy (non-hydrogen) atoms. The standard InChI is InChI=1S/C25H48BNO2/c1-5-7-9-11-13-15-22(16-14-12-10-8-6-2)26-27-21(4)17-20(3)18-23-19-24(27)25(28)29-23/h20-24,26H,5-19H2,1-4H3. The van der Waals surface area contributed by atoms with Crippen LogP contribution in [0.3, 0.4) is 0 Å². The average molecular weight is 405 g/mol. The number of rotatable bonds is 14. The maximum atomic E-state index is 12.6. The van der Waals surface area contributed by atoms with Gasteiger partial charge in [0.05, 0.1) is 0 Å². The highest BCUT2D eigenvalue weighted by molar-refractivity contribution is 6.35. The van der Waals surface area contributed by atoms with Crippen LogP contribution in [-0.4, -0.2) is 36.4 Å². The van der Waals surface area contributed by atoms with Gasteiger partial charge in [-0.25, -0.2) is 0 Å². The number of nitrogens with zero attached hydrogens (tertiary/aromatic N) is 1. The van der Waals surface area contributed by atoms with Crippen LogP contribution in [0.5, 0.6) is 0 Å². The lowest BCUT2D eigenvalue weighted by molar-refractivity contribution is -0.144. The van der Waals surface area contributed by atoms with Gasteiger partial charge in [-0.2, -0.15) is 0 Å². The number of carbonyl (C=O) groups excluding carboxylic acids is 1. The number of carbonyl (C=O) groups is 1. The summed E-state index contributed by atoms with van der Waals surface area (Å²) in [6, 6.07) is 0.509. The molecule has 0 saturated carbocycles. The largest absolute Gasteiger partial charge is 0.461 e. The zero-order valence-electron chi connectivity index (χ0n) is 20.0. The Bertz CT molecular complexity index is 444. The lowest BCUT2D eigenvalue weighted by Crippen LogP contribution is -2.49. The number of fused-ring (bicyclic) bond motifs is 2. The Morgan fingerprint density at radius 3 is 2.07 bits per heavy atom. The second kappa shape index (κ2) is 13.7. The summed E-state index contributed by atoms with van der Waals surface area (Å²) in [5, 5.41) is 0. The third-order valence-corrected chi connectivity index (χ3v) is 7.32. The van der Waals surface area contributed by atoms with Gasteiger partial charge >= 0.3 is 5.97 Å². The fourth-order valence-corrected chi connectivity index (χ4v) is 5.63. The Hall–Kier alpha value is -0.505. The molecule has 4 unspecified atom stereocenters. The Morgan fingerprint density at radius 1 is 0.897 bits per heavy atom. The molecular weight excluding hydrogens is 357 g/mol. The van der Waals surface area contributed by atoms with Crippen molar-refractivity contribution in [3.05, 3.63) is 0 Å². The van der Waals surface area contributed by atoms with E-state index in [-0.39, 0.29) is 18.1 Å². The quantitative estimate of drug-likeness (QED) is 0.184. The molecule has 0 aromatic carbocycles. The van der Waals surface area contributed by atoms with Gasteiger partial charge in [0.25, 0.3) is 0 Å². The van der Waals surface area contributed by atoms with E-state index < -0.39 is 0 Å². The second-order valence-corrected chi connectivity index (χ2v) is 10.2. The summed E-state index contributed by atoms with van der Waals surface area (Å²) < 4.78 is 5.75. The molecule has 0 spiro atoms. The van der Waals surface area contributed by atoms with Gasteiger partial charge in [-0.3, -0.25) is 4.79 Å². The van der Waals surface area contributed by atoms with Crippen LogP contribution in [0.15, 0.2) is 0 Å². The molecule has 0 aromatic heterocycles. The third kappa shape index (κ3) is 8.63. The van der Waals surface area contributed by atoms with E-state index in [4.69, 9.17) is 4.74 Å². The molecule has 0 aromatic rings. The van der Waals surface area contributed by atoms with Crippen LogP contribution in [0.25, 0.3) is 0 Å². The molecule has 0 amide bonds. The molecule has 4 heteroatoms. The molecule has 3 nitrogen and oxygen atoms in total. The van der Waals surface area contributed by atoms with E-state index in [9.17, 15) is 4.79 Å². The van der Waals surface area contributed by atoms with E-state index in [0.29, 0.717) is 12.0 Å². The zero-order chi connectivity index (χ0) is 21.1. The molecule has 2 saturated heterocycles. The third-order valence-electron chi connectivity index (χ3n) is 7.32. The molecule has 4 atom stereocenters. The van der Waals surface area contributed by atoms with Crippen molar-refractivity contribution in [3.63, 3.8) is 0 Å². The van der Waals surface area contributed by atoms with Crippen LogP contribution in [0, 0.1) is 5.92 Å². The van der Waals surface area contributed by atoms with Crippen LogP contribution < -0.4 is 0 Å². The fourth-order valence-electron chi connectivity index (χ4n) is 5.63. The Balaban J connectivity index is 1.94. The van der Waals surface area contributed by atoms with Crippen molar-refractivity contribution in [3.8, 4) is 0 Å². The lowest BCUT2D eigenvalue weighted by Gasteiger charge is -2.37. The second-order valence-electron chi connectivity index (χ2n) is 10.2. The number of hydrogen-bond acceptors (Lipinski definition) is 3. The highest BCUT2D eigenvalue weighted by atomic mass is 16.6. The van der Waals surface area contributed by atoms with Gasteiger partial charge in [0.1, 0.15) is 12.1 Å². The number of unbranched alkanes of at least 4 members (excludes halogenated alkanes) is 8. The molecular formula is C25H48BNO2. The van der Waals surface area contributed by atoms with Crippen LogP contribution in [0.1, 0.15) is 124 Å². The van der Waals surface area contributed by atoms with Crippen LogP contribution in [0.2, 0.25) is 5.82 Å². The summed E-state index contributed by atoms with van der Waals surface area (Å²) in [6.07, 6.45) is 19.6. The van der Waals surface area contributed by atoms with Gasteiger partial charge in [-0.1, -0.05) is 111 Å². The van der Waals surface area contributed by atoms with E-state index >= 15 is 0 Å². The Morgan fingerprint density at radius 2 is 1.48 bits per heavy atom. The minimum absolute atomic E-state index is 0.0187. The number of hydrogen-bond donors (Lipinski definition) is 0. The Kier molecular flexibility index (Phi) is 11.7. The minimum Gasteiger partial charge on any atom is -0.461 e. The molecule has 2 fully saturated rings. The van der Waals surface area contributed by atoms with E-state index in [2.05, 4.69) is 32.5 Å². The molecule has 0 aliphatic carbocycles. The average Bonchev–Trinajstić information content (AvgIpc) is 3.04. The number of esters is 1. The molecule has 2 heterocycles. The van der Waals surface area contributed by atoms with Crippen molar-refractivity contribution in [1.29, 1.82) is 0 Å². The number of ether oxygens (including phenoxy) is 1. The normalized spacial score (nSPS) is 27.7. The van der Waals surface area contributed by atoms with Crippen molar-refractivity contribution in [2.24, 2.45) is 5.92 Å². The van der Waals surface area contributed by atoms with Gasteiger partial charge in [-0.05, 0) is 24.8 Å². The zero-order valence-corrected chi connectivity index (χ0v) is 20.0. The summed E-state index contributed by atoms with van der Waals surface area (Å²) >= 11 is 0. The highest BCUT2D eigenvalue weighted by Gasteiger charge is 2.43. The maximum absolute atomic E-state index is 12.6. The topological polar surface area (TPSA) is 29.5 Å². The van der Waals surface area contributed by atoms with E-state index in [1.165, 1.54) is 83.5 Å². The highest BCUT2D eigenvalue weighted by Crippen LogP contribution is 2.34. The van der Waals surface area contributed by atoms with Gasteiger partial charge < -0.3 is 9.55 Å². The summed E-state index contributed by atoms with van der Waals surface area (Å²) in [7, 11) is 1.10. The van der Waals surface area contributed by atoms with Gasteiger partial charge in [0, 0.05) is 6.42 Å².